The number of fused-ring (bicyclic) bond motifs is 4. The molecule has 208 valence electrons. The molecular formula is C29H25BrCl2N2O6. The molecule has 4 aliphatic rings. The molecule has 2 aromatic rings. The lowest BCUT2D eigenvalue weighted by Gasteiger charge is -2.50. The van der Waals surface area contributed by atoms with Crippen LogP contribution in [0.15, 0.2) is 60.2 Å². The van der Waals surface area contributed by atoms with Gasteiger partial charge in [0.25, 0.3) is 11.8 Å². The highest BCUT2D eigenvalue weighted by molar-refractivity contribution is 9.09. The lowest BCUT2D eigenvalue weighted by atomic mass is 9.56. The molecule has 0 unspecified atom stereocenters. The van der Waals surface area contributed by atoms with E-state index < -0.39 is 45.2 Å². The highest BCUT2D eigenvalue weighted by Crippen LogP contribution is 2.65. The van der Waals surface area contributed by atoms with E-state index in [-0.39, 0.29) is 48.2 Å². The van der Waals surface area contributed by atoms with Crippen molar-refractivity contribution in [1.29, 1.82) is 0 Å². The van der Waals surface area contributed by atoms with Crippen molar-refractivity contribution in [2.75, 3.05) is 12.0 Å². The Hall–Kier alpha value is -2.88. The molecule has 2 aliphatic heterocycles. The monoisotopic (exact) mass is 646 g/mol. The number of carbonyl (C=O) groups excluding carboxylic acids is 4. The zero-order valence-corrected chi connectivity index (χ0v) is 24.2. The second-order valence-corrected chi connectivity index (χ2v) is 12.6. The van der Waals surface area contributed by atoms with Crippen LogP contribution in [-0.2, 0) is 25.6 Å². The number of benzene rings is 2. The first-order valence-electron chi connectivity index (χ1n) is 12.9. The molecule has 0 bridgehead atoms. The van der Waals surface area contributed by atoms with Gasteiger partial charge in [0.05, 0.1) is 17.3 Å². The maximum absolute atomic E-state index is 13.9. The van der Waals surface area contributed by atoms with Gasteiger partial charge in [-0.15, -0.1) is 23.2 Å². The minimum atomic E-state index is -1.90. The van der Waals surface area contributed by atoms with Crippen LogP contribution in [-0.4, -0.2) is 65.4 Å². The first-order valence-corrected chi connectivity index (χ1v) is 14.8. The molecule has 4 amide bonds. The summed E-state index contributed by atoms with van der Waals surface area (Å²) in [5, 5.41) is 19.8. The lowest BCUT2D eigenvalue weighted by molar-refractivity contribution is -0.141. The molecule has 2 N–H and O–H groups in total. The second-order valence-electron chi connectivity index (χ2n) is 10.8. The Morgan fingerprint density at radius 2 is 1.62 bits per heavy atom. The van der Waals surface area contributed by atoms with Gasteiger partial charge in [-0.25, -0.2) is 0 Å². The number of amides is 4. The highest BCUT2D eigenvalue weighted by Gasteiger charge is 2.76. The Balaban J connectivity index is 1.41. The average molecular weight is 648 g/mol. The number of hydrogen-bond acceptors (Lipinski definition) is 6. The van der Waals surface area contributed by atoms with Crippen LogP contribution in [0.5, 0.6) is 11.5 Å². The third-order valence-electron chi connectivity index (χ3n) is 8.87. The van der Waals surface area contributed by atoms with Crippen molar-refractivity contribution in [3.8, 4) is 11.5 Å². The number of imide groups is 2. The van der Waals surface area contributed by atoms with Gasteiger partial charge >= 0.3 is 0 Å². The molecule has 0 spiro atoms. The maximum atomic E-state index is 13.9. The zero-order chi connectivity index (χ0) is 28.6. The number of alkyl halides is 3. The number of aromatic hydroxyl groups is 2. The van der Waals surface area contributed by atoms with Gasteiger partial charge in [-0.05, 0) is 60.6 Å². The van der Waals surface area contributed by atoms with E-state index in [0.717, 1.165) is 10.5 Å². The molecule has 40 heavy (non-hydrogen) atoms. The largest absolute Gasteiger partial charge is 0.508 e. The predicted molar refractivity (Wildman–Crippen MR) is 150 cm³/mol. The van der Waals surface area contributed by atoms with Crippen LogP contribution >= 0.6 is 39.1 Å². The van der Waals surface area contributed by atoms with Crippen LogP contribution < -0.4 is 0 Å². The first kappa shape index (κ1) is 27.3. The smallest absolute Gasteiger partial charge is 0.254 e. The summed E-state index contributed by atoms with van der Waals surface area (Å²) in [4.78, 5) is 53.2. The van der Waals surface area contributed by atoms with Crippen LogP contribution in [0.25, 0.3) is 0 Å². The molecule has 8 nitrogen and oxygen atoms in total. The third kappa shape index (κ3) is 3.70. The molecule has 11 heteroatoms. The van der Waals surface area contributed by atoms with Crippen molar-refractivity contribution in [2.24, 2.45) is 17.8 Å². The number of allylic oxidation sites excluding steroid dienone is 2. The number of carbonyl (C=O) groups is 4. The molecule has 2 heterocycles. The van der Waals surface area contributed by atoms with Crippen LogP contribution in [0.3, 0.4) is 0 Å². The van der Waals surface area contributed by atoms with E-state index in [0.29, 0.717) is 17.6 Å². The number of phenolic OH excluding ortho intramolecular Hbond substituents is 2. The van der Waals surface area contributed by atoms with Crippen LogP contribution in [0.2, 0.25) is 0 Å². The van der Waals surface area contributed by atoms with Gasteiger partial charge < -0.3 is 10.2 Å². The third-order valence-corrected chi connectivity index (χ3v) is 10.8. The number of hydrogen-bond donors (Lipinski definition) is 2. The van der Waals surface area contributed by atoms with Gasteiger partial charge in [0.15, 0.2) is 9.75 Å². The second kappa shape index (κ2) is 9.60. The fourth-order valence-electron chi connectivity index (χ4n) is 7.02. The van der Waals surface area contributed by atoms with Gasteiger partial charge in [-0.3, -0.25) is 29.0 Å². The van der Waals surface area contributed by atoms with E-state index in [1.807, 2.05) is 6.08 Å². The minimum Gasteiger partial charge on any atom is -0.508 e. The molecule has 1 saturated carbocycles. The van der Waals surface area contributed by atoms with E-state index in [4.69, 9.17) is 23.2 Å². The Kier molecular flexibility index (Phi) is 6.55. The standard InChI is InChI=1S/C29H25BrCl2N2O6/c30-14-34-26(39)28(31)13-21-19(23(29(28,32)27(34)40)16-2-1-3-18(36)12-16)8-9-20-22(21)25(38)33(24(20)37)11-10-15-4-6-17(35)7-5-15/h1-8,12,20-23,35-36H,9-11,13-14H2/t20-,21+,22-,23-,28+,29-/m0/s1. The summed E-state index contributed by atoms with van der Waals surface area (Å²) in [5.41, 5.74) is 1.94. The molecule has 0 radical (unpaired) electrons. The van der Waals surface area contributed by atoms with Gasteiger partial charge in [-0.2, -0.15) is 0 Å². The molecule has 6 atom stereocenters. The van der Waals surface area contributed by atoms with Crippen LogP contribution in [0.1, 0.15) is 29.9 Å². The molecule has 0 aromatic heterocycles. The van der Waals surface area contributed by atoms with Crippen molar-refractivity contribution < 1.29 is 29.4 Å². The maximum Gasteiger partial charge on any atom is 0.254 e. The SMILES string of the molecule is O=C1[C@H]2[C@H](CC=C3[C@H]2C[C@@]2(Cl)C(=O)N(CBr)C(=O)[C@@]2(Cl)[C@H]3c2cccc(O)c2)C(=O)N1CCc1ccc(O)cc1. The summed E-state index contributed by atoms with van der Waals surface area (Å²) < 4.78 is 0. The summed E-state index contributed by atoms with van der Waals surface area (Å²) in [7, 11) is 0. The first-order chi connectivity index (χ1) is 19.0. The summed E-state index contributed by atoms with van der Waals surface area (Å²) in [5.74, 6) is -4.73. The molecule has 2 aliphatic carbocycles. The number of phenols is 2. The Morgan fingerprint density at radius 1 is 0.900 bits per heavy atom. The van der Waals surface area contributed by atoms with Gasteiger partial charge in [0, 0.05) is 12.5 Å². The van der Waals surface area contributed by atoms with E-state index in [2.05, 4.69) is 15.9 Å². The van der Waals surface area contributed by atoms with E-state index in [9.17, 15) is 29.4 Å². The van der Waals surface area contributed by atoms with E-state index >= 15 is 0 Å². The van der Waals surface area contributed by atoms with Gasteiger partial charge in [-0.1, -0.05) is 51.8 Å². The molecule has 3 fully saturated rings. The molecule has 2 saturated heterocycles. The number of rotatable bonds is 5. The van der Waals surface area contributed by atoms with Crippen LogP contribution in [0, 0.1) is 17.8 Å². The Labute approximate surface area is 248 Å². The van der Waals surface area contributed by atoms with Crippen molar-refractivity contribution >= 4 is 62.8 Å². The quantitative estimate of drug-likeness (QED) is 0.219. The van der Waals surface area contributed by atoms with E-state index in [1.54, 1.807) is 36.4 Å². The summed E-state index contributed by atoms with van der Waals surface area (Å²) >= 11 is 17.5. The minimum absolute atomic E-state index is 0.0454. The average Bonchev–Trinajstić information content (AvgIpc) is 3.25. The zero-order valence-electron chi connectivity index (χ0n) is 21.1. The topological polar surface area (TPSA) is 115 Å². The Bertz CT molecular complexity index is 1480. The van der Waals surface area contributed by atoms with Crippen molar-refractivity contribution in [3.63, 3.8) is 0 Å². The van der Waals surface area contributed by atoms with E-state index in [1.165, 1.54) is 17.0 Å². The van der Waals surface area contributed by atoms with Crippen molar-refractivity contribution in [2.45, 2.75) is 34.9 Å². The number of likely N-dealkylation sites (tertiary alicyclic amines) is 2. The summed E-state index contributed by atoms with van der Waals surface area (Å²) in [6.07, 6.45) is 2.48. The summed E-state index contributed by atoms with van der Waals surface area (Å²) in [6, 6.07) is 12.9. The summed E-state index contributed by atoms with van der Waals surface area (Å²) in [6.45, 7) is 0.174. The molecule has 6 rings (SSSR count). The van der Waals surface area contributed by atoms with Crippen molar-refractivity contribution in [3.05, 3.63) is 71.3 Å². The van der Waals surface area contributed by atoms with Crippen LogP contribution in [0.4, 0.5) is 0 Å². The highest BCUT2D eigenvalue weighted by atomic mass is 79.9. The fourth-order valence-corrected chi connectivity index (χ4v) is 8.45. The normalized spacial score (nSPS) is 33.1. The number of halogens is 3. The molecule has 2 aromatic carbocycles. The number of nitrogens with zero attached hydrogens (tertiary/aromatic N) is 2. The fraction of sp³-hybridized carbons (Fsp3) is 0.379. The van der Waals surface area contributed by atoms with Gasteiger partial charge in [0.2, 0.25) is 11.8 Å². The predicted octanol–water partition coefficient (Wildman–Crippen LogP) is 4.05. The lowest BCUT2D eigenvalue weighted by Crippen LogP contribution is -2.60. The Morgan fingerprint density at radius 3 is 2.30 bits per heavy atom. The molecular weight excluding hydrogens is 623 g/mol. The van der Waals surface area contributed by atoms with Gasteiger partial charge in [0.1, 0.15) is 11.5 Å². The van der Waals surface area contributed by atoms with Crippen molar-refractivity contribution in [1.82, 2.24) is 9.80 Å².